The Labute approximate surface area is 111 Å². The molecule has 0 saturated carbocycles. The molecule has 0 bridgehead atoms. The first-order valence-electron chi connectivity index (χ1n) is 7.14. The molecule has 1 unspecified atom stereocenters. The van der Waals surface area contributed by atoms with Gasteiger partial charge in [0.25, 0.3) is 0 Å². The smallest absolute Gasteiger partial charge is 0.239 e. The highest BCUT2D eigenvalue weighted by molar-refractivity contribution is 5.81. The molecule has 0 radical (unpaired) electrons. The first-order valence-corrected chi connectivity index (χ1v) is 7.14. The van der Waals surface area contributed by atoms with Gasteiger partial charge in [0, 0.05) is 19.6 Å². The monoisotopic (exact) mass is 255 g/mol. The highest BCUT2D eigenvalue weighted by Gasteiger charge is 2.23. The Hall–Kier alpha value is -0.610. The molecule has 18 heavy (non-hydrogen) atoms. The predicted octanol–water partition coefficient (Wildman–Crippen LogP) is 1.30. The summed E-state index contributed by atoms with van der Waals surface area (Å²) in [5.41, 5.74) is 5.90. The molecular weight excluding hydrogens is 226 g/mol. The summed E-state index contributed by atoms with van der Waals surface area (Å²) < 4.78 is 0. The maximum Gasteiger partial charge on any atom is 0.239 e. The molecule has 4 heteroatoms. The number of hydrogen-bond acceptors (Lipinski definition) is 3. The third-order valence-corrected chi connectivity index (χ3v) is 4.10. The molecule has 1 amide bonds. The summed E-state index contributed by atoms with van der Waals surface area (Å²) in [6.07, 6.45) is 4.94. The van der Waals surface area contributed by atoms with Gasteiger partial charge in [-0.15, -0.1) is 0 Å². The van der Waals surface area contributed by atoms with E-state index in [9.17, 15) is 4.79 Å². The Kier molecular flexibility index (Phi) is 6.09. The summed E-state index contributed by atoms with van der Waals surface area (Å²) in [6.45, 7) is 5.98. The number of likely N-dealkylation sites (N-methyl/N-ethyl adjacent to an activating group) is 1. The first kappa shape index (κ1) is 15.4. The lowest BCUT2D eigenvalue weighted by atomic mass is 9.99. The van der Waals surface area contributed by atoms with Gasteiger partial charge in [-0.1, -0.05) is 20.3 Å². The molecule has 0 aromatic heterocycles. The quantitative estimate of drug-likeness (QED) is 0.805. The number of hydrogen-bond donors (Lipinski definition) is 1. The van der Waals surface area contributed by atoms with Crippen LogP contribution < -0.4 is 5.73 Å². The minimum absolute atomic E-state index is 0.0727. The van der Waals surface area contributed by atoms with Crippen molar-refractivity contribution in [2.75, 3.05) is 27.2 Å². The van der Waals surface area contributed by atoms with E-state index in [1.54, 1.807) is 4.90 Å². The molecule has 1 heterocycles. The average molecular weight is 255 g/mol. The standard InChI is InChI=1S/C14H29N3O/c1-11(2)13(15)14(18)17(4)10-8-12-7-5-6-9-16(12)3/h11-13H,5-10,15H2,1-4H3/t12?,13-/m0/s1. The van der Waals surface area contributed by atoms with Crippen LogP contribution in [-0.2, 0) is 4.79 Å². The Morgan fingerprint density at radius 1 is 1.44 bits per heavy atom. The molecule has 1 rings (SSSR count). The van der Waals surface area contributed by atoms with Crippen LogP contribution in [0.1, 0.15) is 39.5 Å². The number of nitrogens with zero attached hydrogens (tertiary/aromatic N) is 2. The largest absolute Gasteiger partial charge is 0.344 e. The summed E-state index contributed by atoms with van der Waals surface area (Å²) in [4.78, 5) is 16.2. The second kappa shape index (κ2) is 7.10. The summed E-state index contributed by atoms with van der Waals surface area (Å²) in [7, 11) is 4.05. The van der Waals surface area contributed by atoms with Crippen molar-refractivity contribution in [2.45, 2.75) is 51.6 Å². The molecule has 2 atom stereocenters. The SMILES string of the molecule is CC(C)[C@H](N)C(=O)N(C)CCC1CCCCN1C. The van der Waals surface area contributed by atoms with Crippen molar-refractivity contribution < 1.29 is 4.79 Å². The van der Waals surface area contributed by atoms with Crippen molar-refractivity contribution in [2.24, 2.45) is 11.7 Å². The Balaban J connectivity index is 2.35. The predicted molar refractivity (Wildman–Crippen MR) is 75.3 cm³/mol. The van der Waals surface area contributed by atoms with E-state index in [1.165, 1.54) is 25.8 Å². The molecule has 0 aliphatic carbocycles. The van der Waals surface area contributed by atoms with Gasteiger partial charge in [-0.25, -0.2) is 0 Å². The second-order valence-corrected chi connectivity index (χ2v) is 5.95. The van der Waals surface area contributed by atoms with Gasteiger partial charge in [-0.05, 0) is 38.8 Å². The van der Waals surface area contributed by atoms with Gasteiger partial charge >= 0.3 is 0 Å². The zero-order valence-corrected chi connectivity index (χ0v) is 12.4. The zero-order chi connectivity index (χ0) is 13.7. The van der Waals surface area contributed by atoms with Crippen LogP contribution in [0.2, 0.25) is 0 Å². The van der Waals surface area contributed by atoms with E-state index in [0.29, 0.717) is 6.04 Å². The van der Waals surface area contributed by atoms with Gasteiger partial charge in [0.1, 0.15) is 0 Å². The summed E-state index contributed by atoms with van der Waals surface area (Å²) >= 11 is 0. The van der Waals surface area contributed by atoms with E-state index in [1.807, 2.05) is 20.9 Å². The van der Waals surface area contributed by atoms with Crippen LogP contribution in [0.15, 0.2) is 0 Å². The summed E-state index contributed by atoms with van der Waals surface area (Å²) in [6, 6.07) is 0.267. The molecule has 1 aliphatic heterocycles. The van der Waals surface area contributed by atoms with Crippen molar-refractivity contribution in [3.05, 3.63) is 0 Å². The van der Waals surface area contributed by atoms with Crippen molar-refractivity contribution in [3.63, 3.8) is 0 Å². The van der Waals surface area contributed by atoms with Crippen LogP contribution >= 0.6 is 0 Å². The highest BCUT2D eigenvalue weighted by atomic mass is 16.2. The lowest BCUT2D eigenvalue weighted by Gasteiger charge is -2.34. The van der Waals surface area contributed by atoms with Crippen molar-refractivity contribution in [1.82, 2.24) is 9.80 Å². The van der Waals surface area contributed by atoms with Crippen molar-refractivity contribution in [3.8, 4) is 0 Å². The van der Waals surface area contributed by atoms with Gasteiger partial charge < -0.3 is 15.5 Å². The number of carbonyl (C=O) groups excluding carboxylic acids is 1. The fourth-order valence-corrected chi connectivity index (χ4v) is 2.50. The molecule has 0 aromatic carbocycles. The topological polar surface area (TPSA) is 49.6 Å². The molecule has 1 aliphatic rings. The second-order valence-electron chi connectivity index (χ2n) is 5.95. The molecular formula is C14H29N3O. The van der Waals surface area contributed by atoms with E-state index in [4.69, 9.17) is 5.73 Å². The third-order valence-electron chi connectivity index (χ3n) is 4.10. The number of amides is 1. The normalized spacial score (nSPS) is 23.1. The first-order chi connectivity index (χ1) is 8.43. The van der Waals surface area contributed by atoms with Crippen molar-refractivity contribution in [1.29, 1.82) is 0 Å². The van der Waals surface area contributed by atoms with Gasteiger partial charge in [-0.2, -0.15) is 0 Å². The maximum absolute atomic E-state index is 12.0. The van der Waals surface area contributed by atoms with Gasteiger partial charge in [0.05, 0.1) is 6.04 Å². The molecule has 4 nitrogen and oxygen atoms in total. The van der Waals surface area contributed by atoms with Crippen LogP contribution in [0.3, 0.4) is 0 Å². The summed E-state index contributed by atoms with van der Waals surface area (Å²) in [5, 5.41) is 0. The molecule has 0 spiro atoms. The van der Waals surface area contributed by atoms with Gasteiger partial charge in [0.15, 0.2) is 0 Å². The van der Waals surface area contributed by atoms with Gasteiger partial charge in [0.2, 0.25) is 5.91 Å². The third kappa shape index (κ3) is 4.25. The number of nitrogens with two attached hydrogens (primary N) is 1. The number of likely N-dealkylation sites (tertiary alicyclic amines) is 1. The minimum atomic E-state index is -0.362. The number of rotatable bonds is 5. The molecule has 1 fully saturated rings. The van der Waals surface area contributed by atoms with E-state index in [-0.39, 0.29) is 17.9 Å². The van der Waals surface area contributed by atoms with Gasteiger partial charge in [-0.3, -0.25) is 4.79 Å². The maximum atomic E-state index is 12.0. The summed E-state index contributed by atoms with van der Waals surface area (Å²) in [5.74, 6) is 0.278. The minimum Gasteiger partial charge on any atom is -0.344 e. The number of carbonyl (C=O) groups is 1. The van der Waals surface area contributed by atoms with E-state index < -0.39 is 0 Å². The van der Waals surface area contributed by atoms with Crippen LogP contribution in [0.5, 0.6) is 0 Å². The fourth-order valence-electron chi connectivity index (χ4n) is 2.50. The Bertz CT molecular complexity index is 268. The molecule has 0 aromatic rings. The van der Waals surface area contributed by atoms with Crippen LogP contribution in [-0.4, -0.2) is 55.0 Å². The van der Waals surface area contributed by atoms with Crippen molar-refractivity contribution >= 4 is 5.91 Å². The highest BCUT2D eigenvalue weighted by Crippen LogP contribution is 2.18. The van der Waals surface area contributed by atoms with Crippen LogP contribution in [0.25, 0.3) is 0 Å². The van der Waals surface area contributed by atoms with Crippen LogP contribution in [0, 0.1) is 5.92 Å². The lowest BCUT2D eigenvalue weighted by Crippen LogP contribution is -2.46. The molecule has 106 valence electrons. The molecule has 2 N–H and O–H groups in total. The Morgan fingerprint density at radius 3 is 2.67 bits per heavy atom. The number of piperidine rings is 1. The fraction of sp³-hybridized carbons (Fsp3) is 0.929. The molecule has 1 saturated heterocycles. The Morgan fingerprint density at radius 2 is 2.11 bits per heavy atom. The lowest BCUT2D eigenvalue weighted by molar-refractivity contribution is -0.132. The average Bonchev–Trinajstić information content (AvgIpc) is 2.35. The van der Waals surface area contributed by atoms with Crippen LogP contribution in [0.4, 0.5) is 0 Å². The van der Waals surface area contributed by atoms with E-state index in [2.05, 4.69) is 11.9 Å². The van der Waals surface area contributed by atoms with E-state index >= 15 is 0 Å². The van der Waals surface area contributed by atoms with E-state index in [0.717, 1.165) is 13.0 Å². The zero-order valence-electron chi connectivity index (χ0n) is 12.4.